The maximum absolute atomic E-state index is 13.3. The Hall–Kier alpha value is -2.81. The summed E-state index contributed by atoms with van der Waals surface area (Å²) >= 11 is 0. The second-order valence-electron chi connectivity index (χ2n) is 6.01. The molecule has 2 rings (SSSR count). The number of anilines is 2. The van der Waals surface area contributed by atoms with Crippen molar-refractivity contribution >= 4 is 27.3 Å². The number of hydrogen-bond acceptors (Lipinski definition) is 5. The van der Waals surface area contributed by atoms with Gasteiger partial charge in [0.1, 0.15) is 23.4 Å². The first-order valence-electron chi connectivity index (χ1n) is 8.49. The van der Waals surface area contributed by atoms with E-state index in [1.165, 1.54) is 26.4 Å². The largest absolute Gasteiger partial charge is 0.497 e. The Morgan fingerprint density at radius 2 is 1.79 bits per heavy atom. The van der Waals surface area contributed by atoms with Crippen molar-refractivity contribution in [2.45, 2.75) is 19.4 Å². The minimum absolute atomic E-state index is 0.197. The predicted octanol–water partition coefficient (Wildman–Crippen LogP) is 3.03. The van der Waals surface area contributed by atoms with Gasteiger partial charge in [-0.25, -0.2) is 12.8 Å². The number of rotatable bonds is 8. The molecule has 9 heteroatoms. The van der Waals surface area contributed by atoms with E-state index >= 15 is 0 Å². The molecule has 152 valence electrons. The molecule has 0 saturated carbocycles. The molecule has 0 bridgehead atoms. The number of carbonyl (C=O) groups excluding carboxylic acids is 1. The Kier molecular flexibility index (Phi) is 6.85. The number of methoxy groups -OCH3 is 2. The molecule has 0 aliphatic heterocycles. The quantitative estimate of drug-likeness (QED) is 0.723. The monoisotopic (exact) mass is 410 g/mol. The van der Waals surface area contributed by atoms with Crippen LogP contribution in [0.4, 0.5) is 15.8 Å². The molecule has 28 heavy (non-hydrogen) atoms. The summed E-state index contributed by atoms with van der Waals surface area (Å²) in [5.41, 5.74) is 0.543. The SMILES string of the molecule is CCC(C(=O)Nc1cc(OC)ccc1OC)N(c1ccc(F)cc1)S(C)(=O)=O. The van der Waals surface area contributed by atoms with Crippen LogP contribution >= 0.6 is 0 Å². The van der Waals surface area contributed by atoms with Crippen LogP contribution in [-0.4, -0.2) is 40.8 Å². The molecular weight excluding hydrogens is 387 g/mol. The highest BCUT2D eigenvalue weighted by Crippen LogP contribution is 2.30. The van der Waals surface area contributed by atoms with Gasteiger partial charge in [-0.15, -0.1) is 0 Å². The molecular formula is C19H23FN2O5S. The van der Waals surface area contributed by atoms with Crippen LogP contribution in [-0.2, 0) is 14.8 Å². The van der Waals surface area contributed by atoms with Gasteiger partial charge in [-0.05, 0) is 42.8 Å². The zero-order valence-electron chi connectivity index (χ0n) is 16.1. The molecule has 1 unspecified atom stereocenters. The van der Waals surface area contributed by atoms with E-state index in [1.807, 2.05) is 0 Å². The van der Waals surface area contributed by atoms with Gasteiger partial charge in [-0.1, -0.05) is 6.92 Å². The van der Waals surface area contributed by atoms with Crippen LogP contribution in [0.5, 0.6) is 11.5 Å². The van der Waals surface area contributed by atoms with Crippen LogP contribution in [0.3, 0.4) is 0 Å². The molecule has 7 nitrogen and oxygen atoms in total. The summed E-state index contributed by atoms with van der Waals surface area (Å²) in [5, 5.41) is 2.70. The molecule has 2 aromatic carbocycles. The number of amides is 1. The fraction of sp³-hybridized carbons (Fsp3) is 0.316. The van der Waals surface area contributed by atoms with Gasteiger partial charge in [0.05, 0.1) is 31.9 Å². The van der Waals surface area contributed by atoms with Crippen molar-refractivity contribution < 1.29 is 27.1 Å². The van der Waals surface area contributed by atoms with E-state index < -0.39 is 27.8 Å². The Balaban J connectivity index is 2.41. The molecule has 0 aliphatic rings. The van der Waals surface area contributed by atoms with Crippen molar-refractivity contribution in [2.24, 2.45) is 0 Å². The third-order valence-corrected chi connectivity index (χ3v) is 5.26. The zero-order valence-corrected chi connectivity index (χ0v) is 16.9. The Morgan fingerprint density at radius 1 is 1.14 bits per heavy atom. The molecule has 0 radical (unpaired) electrons. The van der Waals surface area contributed by atoms with E-state index in [4.69, 9.17) is 9.47 Å². The number of nitrogens with zero attached hydrogens (tertiary/aromatic N) is 1. The number of halogens is 1. The summed E-state index contributed by atoms with van der Waals surface area (Å²) in [7, 11) is -0.871. The lowest BCUT2D eigenvalue weighted by Gasteiger charge is -2.30. The van der Waals surface area contributed by atoms with Crippen LogP contribution < -0.4 is 19.1 Å². The summed E-state index contributed by atoms with van der Waals surface area (Å²) < 4.78 is 49.4. The summed E-state index contributed by atoms with van der Waals surface area (Å²) in [6.07, 6.45) is 1.20. The third kappa shape index (κ3) is 4.92. The number of sulfonamides is 1. The molecule has 1 N–H and O–H groups in total. The first-order valence-corrected chi connectivity index (χ1v) is 10.3. The van der Waals surface area contributed by atoms with Gasteiger partial charge in [-0.2, -0.15) is 0 Å². The lowest BCUT2D eigenvalue weighted by atomic mass is 10.1. The van der Waals surface area contributed by atoms with Crippen LogP contribution in [0, 0.1) is 5.82 Å². The van der Waals surface area contributed by atoms with Crippen LogP contribution in [0.1, 0.15) is 13.3 Å². The molecule has 0 fully saturated rings. The average molecular weight is 410 g/mol. The van der Waals surface area contributed by atoms with Crippen molar-refractivity contribution in [1.82, 2.24) is 0 Å². The predicted molar refractivity (Wildman–Crippen MR) is 106 cm³/mol. The summed E-state index contributed by atoms with van der Waals surface area (Å²) in [4.78, 5) is 13.0. The maximum atomic E-state index is 13.3. The highest BCUT2D eigenvalue weighted by atomic mass is 32.2. The van der Waals surface area contributed by atoms with E-state index in [0.29, 0.717) is 17.2 Å². The minimum Gasteiger partial charge on any atom is -0.497 e. The lowest BCUT2D eigenvalue weighted by molar-refractivity contribution is -0.117. The van der Waals surface area contributed by atoms with Gasteiger partial charge >= 0.3 is 0 Å². The highest BCUT2D eigenvalue weighted by molar-refractivity contribution is 7.92. The van der Waals surface area contributed by atoms with E-state index in [0.717, 1.165) is 22.7 Å². The molecule has 0 spiro atoms. The van der Waals surface area contributed by atoms with Gasteiger partial charge in [0.25, 0.3) is 0 Å². The van der Waals surface area contributed by atoms with Crippen LogP contribution in [0.15, 0.2) is 42.5 Å². The Labute approximate surface area is 164 Å². The van der Waals surface area contributed by atoms with Crippen molar-refractivity contribution in [1.29, 1.82) is 0 Å². The molecule has 1 atom stereocenters. The second-order valence-corrected chi connectivity index (χ2v) is 7.87. The number of ether oxygens (including phenoxy) is 2. The number of carbonyl (C=O) groups is 1. The van der Waals surface area contributed by atoms with Crippen molar-refractivity contribution in [3.63, 3.8) is 0 Å². The van der Waals surface area contributed by atoms with Gasteiger partial charge in [0.15, 0.2) is 0 Å². The van der Waals surface area contributed by atoms with E-state index in [2.05, 4.69) is 5.32 Å². The Morgan fingerprint density at radius 3 is 2.29 bits per heavy atom. The first kappa shape index (κ1) is 21.5. The van der Waals surface area contributed by atoms with E-state index in [1.54, 1.807) is 25.1 Å². The lowest BCUT2D eigenvalue weighted by Crippen LogP contribution is -2.47. The van der Waals surface area contributed by atoms with Gasteiger partial charge < -0.3 is 14.8 Å². The molecule has 2 aromatic rings. The summed E-state index contributed by atoms with van der Waals surface area (Å²) in [6, 6.07) is 8.75. The minimum atomic E-state index is -3.81. The van der Waals surface area contributed by atoms with E-state index in [-0.39, 0.29) is 12.1 Å². The van der Waals surface area contributed by atoms with Crippen molar-refractivity contribution in [2.75, 3.05) is 30.1 Å². The maximum Gasteiger partial charge on any atom is 0.248 e. The zero-order chi connectivity index (χ0) is 20.9. The fourth-order valence-electron chi connectivity index (χ4n) is 2.78. The number of nitrogens with one attached hydrogen (secondary N) is 1. The second kappa shape index (κ2) is 8.92. The van der Waals surface area contributed by atoms with Crippen LogP contribution in [0.25, 0.3) is 0 Å². The van der Waals surface area contributed by atoms with Gasteiger partial charge in [-0.3, -0.25) is 9.10 Å². The molecule has 0 aromatic heterocycles. The normalized spacial score (nSPS) is 12.2. The molecule has 0 heterocycles. The number of hydrogen-bond donors (Lipinski definition) is 1. The Bertz CT molecular complexity index is 932. The smallest absolute Gasteiger partial charge is 0.248 e. The first-order chi connectivity index (χ1) is 13.2. The third-order valence-electron chi connectivity index (χ3n) is 4.08. The summed E-state index contributed by atoms with van der Waals surface area (Å²) in [5.74, 6) is -0.154. The average Bonchev–Trinajstić information content (AvgIpc) is 2.65. The topological polar surface area (TPSA) is 84.9 Å². The molecule has 0 aliphatic carbocycles. The van der Waals surface area contributed by atoms with E-state index in [9.17, 15) is 17.6 Å². The standard InChI is InChI=1S/C19H23FN2O5S/c1-5-17(22(28(4,24)25)14-8-6-13(20)7-9-14)19(23)21-16-12-15(26-2)10-11-18(16)27-3/h6-12,17H,5H2,1-4H3,(H,21,23). The van der Waals surface area contributed by atoms with Gasteiger partial charge in [0, 0.05) is 6.07 Å². The molecule has 1 amide bonds. The fourth-order valence-corrected chi connectivity index (χ4v) is 3.99. The summed E-state index contributed by atoms with van der Waals surface area (Å²) in [6.45, 7) is 1.69. The van der Waals surface area contributed by atoms with Crippen molar-refractivity contribution in [3.8, 4) is 11.5 Å². The van der Waals surface area contributed by atoms with Crippen LogP contribution in [0.2, 0.25) is 0 Å². The number of benzene rings is 2. The van der Waals surface area contributed by atoms with Gasteiger partial charge in [0.2, 0.25) is 15.9 Å². The highest BCUT2D eigenvalue weighted by Gasteiger charge is 2.32. The molecule has 0 saturated heterocycles. The van der Waals surface area contributed by atoms with Crippen molar-refractivity contribution in [3.05, 3.63) is 48.3 Å².